The number of nitrogens with one attached hydrogen (secondary N) is 1. The second-order valence-corrected chi connectivity index (χ2v) is 9.94. The van der Waals surface area contributed by atoms with Gasteiger partial charge in [-0.2, -0.15) is 4.31 Å². The molecule has 3 aromatic carbocycles. The van der Waals surface area contributed by atoms with E-state index >= 15 is 0 Å². The van der Waals surface area contributed by atoms with Crippen molar-refractivity contribution in [2.24, 2.45) is 0 Å². The van der Waals surface area contributed by atoms with Gasteiger partial charge < -0.3 is 10.1 Å². The summed E-state index contributed by atoms with van der Waals surface area (Å²) in [4.78, 5) is 13.2. The first-order valence-electron chi connectivity index (χ1n) is 10.9. The van der Waals surface area contributed by atoms with Crippen LogP contribution in [-0.4, -0.2) is 38.8 Å². The standard InChI is InChI=1S/C25H28N2O4S/c1-31-24-14-13-21(32(29,30)27-15-6-2-3-7-16-27)17-23(24)25(28)26-18-20-11-8-10-19-9-4-5-12-22(19)20/h4-5,8-14,17H,2-3,6-7,15-16,18H2,1H3,(H,26,28). The minimum Gasteiger partial charge on any atom is -0.496 e. The summed E-state index contributed by atoms with van der Waals surface area (Å²) in [5, 5.41) is 5.09. The van der Waals surface area contributed by atoms with Crippen molar-refractivity contribution in [3.05, 3.63) is 71.8 Å². The average Bonchev–Trinajstić information content (AvgIpc) is 3.12. The van der Waals surface area contributed by atoms with Crippen LogP contribution in [0.4, 0.5) is 0 Å². The lowest BCUT2D eigenvalue weighted by molar-refractivity contribution is 0.0948. The van der Waals surface area contributed by atoms with Crippen molar-refractivity contribution in [2.75, 3.05) is 20.2 Å². The maximum Gasteiger partial charge on any atom is 0.255 e. The van der Waals surface area contributed by atoms with Crippen LogP contribution < -0.4 is 10.1 Å². The minimum atomic E-state index is -3.66. The molecule has 6 nitrogen and oxygen atoms in total. The zero-order valence-corrected chi connectivity index (χ0v) is 19.0. The van der Waals surface area contributed by atoms with E-state index in [1.165, 1.54) is 23.5 Å². The fourth-order valence-corrected chi connectivity index (χ4v) is 5.72. The van der Waals surface area contributed by atoms with Crippen molar-refractivity contribution < 1.29 is 17.9 Å². The number of carbonyl (C=O) groups excluding carboxylic acids is 1. The van der Waals surface area contributed by atoms with Crippen LogP contribution in [0.25, 0.3) is 10.8 Å². The first-order valence-corrected chi connectivity index (χ1v) is 12.4. The smallest absolute Gasteiger partial charge is 0.255 e. The average molecular weight is 453 g/mol. The predicted octanol–water partition coefficient (Wildman–Crippen LogP) is 4.34. The highest BCUT2D eigenvalue weighted by Gasteiger charge is 2.27. The van der Waals surface area contributed by atoms with Gasteiger partial charge in [-0.25, -0.2) is 8.42 Å². The molecule has 1 aliphatic heterocycles. The summed E-state index contributed by atoms with van der Waals surface area (Å²) in [5.74, 6) is -0.0297. The molecule has 0 aliphatic carbocycles. The van der Waals surface area contributed by atoms with Gasteiger partial charge >= 0.3 is 0 Å². The highest BCUT2D eigenvalue weighted by atomic mass is 32.2. The highest BCUT2D eigenvalue weighted by molar-refractivity contribution is 7.89. The molecule has 4 rings (SSSR count). The summed E-state index contributed by atoms with van der Waals surface area (Å²) < 4.78 is 33.3. The molecule has 3 aromatic rings. The van der Waals surface area contributed by atoms with Gasteiger partial charge in [-0.05, 0) is 47.4 Å². The molecule has 32 heavy (non-hydrogen) atoms. The molecular weight excluding hydrogens is 424 g/mol. The van der Waals surface area contributed by atoms with E-state index in [0.717, 1.165) is 42.0 Å². The fraction of sp³-hybridized carbons (Fsp3) is 0.320. The molecule has 0 unspecified atom stereocenters. The Balaban J connectivity index is 1.58. The lowest BCUT2D eigenvalue weighted by Gasteiger charge is -2.20. The molecule has 168 valence electrons. The quantitative estimate of drug-likeness (QED) is 0.604. The number of ether oxygens (including phenoxy) is 1. The summed E-state index contributed by atoms with van der Waals surface area (Å²) in [6.45, 7) is 1.35. The molecule has 1 N–H and O–H groups in total. The van der Waals surface area contributed by atoms with Crippen LogP contribution in [-0.2, 0) is 16.6 Å². The summed E-state index contributed by atoms with van der Waals surface area (Å²) in [6.07, 6.45) is 3.79. The lowest BCUT2D eigenvalue weighted by Crippen LogP contribution is -2.32. The van der Waals surface area contributed by atoms with Gasteiger partial charge in [0.05, 0.1) is 17.6 Å². The Labute approximate surface area is 189 Å². The molecule has 0 aromatic heterocycles. The number of fused-ring (bicyclic) bond motifs is 1. The van der Waals surface area contributed by atoms with Crippen LogP contribution in [0.3, 0.4) is 0 Å². The number of methoxy groups -OCH3 is 1. The second-order valence-electron chi connectivity index (χ2n) is 8.00. The third-order valence-corrected chi connectivity index (χ3v) is 7.83. The van der Waals surface area contributed by atoms with Gasteiger partial charge in [-0.3, -0.25) is 4.79 Å². The van der Waals surface area contributed by atoms with E-state index in [-0.39, 0.29) is 16.4 Å². The topological polar surface area (TPSA) is 75.7 Å². The Kier molecular flexibility index (Phi) is 6.77. The number of amides is 1. The molecule has 0 saturated carbocycles. The van der Waals surface area contributed by atoms with Crippen molar-refractivity contribution in [1.82, 2.24) is 9.62 Å². The summed E-state index contributed by atoms with van der Waals surface area (Å²) in [6, 6.07) is 18.4. The third kappa shape index (κ3) is 4.64. The van der Waals surface area contributed by atoms with Crippen molar-refractivity contribution in [3.63, 3.8) is 0 Å². The van der Waals surface area contributed by atoms with Crippen LogP contribution in [0.5, 0.6) is 5.75 Å². The maximum atomic E-state index is 13.2. The van der Waals surface area contributed by atoms with E-state index in [1.807, 2.05) is 42.5 Å². The van der Waals surface area contributed by atoms with Gasteiger partial charge in [0.25, 0.3) is 5.91 Å². The fourth-order valence-electron chi connectivity index (χ4n) is 4.17. The molecule has 7 heteroatoms. The summed E-state index contributed by atoms with van der Waals surface area (Å²) >= 11 is 0. The Morgan fingerprint density at radius 1 is 0.969 bits per heavy atom. The second kappa shape index (κ2) is 9.71. The molecule has 1 heterocycles. The Morgan fingerprint density at radius 3 is 2.44 bits per heavy atom. The third-order valence-electron chi connectivity index (χ3n) is 5.94. The van der Waals surface area contributed by atoms with Gasteiger partial charge in [0.1, 0.15) is 5.75 Å². The van der Waals surface area contributed by atoms with E-state index in [1.54, 1.807) is 6.07 Å². The van der Waals surface area contributed by atoms with Crippen LogP contribution in [0, 0.1) is 0 Å². The van der Waals surface area contributed by atoms with Gasteiger partial charge in [0.15, 0.2) is 0 Å². The zero-order chi connectivity index (χ0) is 22.6. The molecule has 1 amide bonds. The van der Waals surface area contributed by atoms with Crippen LogP contribution >= 0.6 is 0 Å². The molecule has 0 atom stereocenters. The maximum absolute atomic E-state index is 13.2. The number of rotatable bonds is 6. The predicted molar refractivity (Wildman–Crippen MR) is 125 cm³/mol. The van der Waals surface area contributed by atoms with Crippen LogP contribution in [0.1, 0.15) is 41.6 Å². The van der Waals surface area contributed by atoms with Gasteiger partial charge in [-0.15, -0.1) is 0 Å². The van der Waals surface area contributed by atoms with Gasteiger partial charge in [-0.1, -0.05) is 55.3 Å². The van der Waals surface area contributed by atoms with E-state index in [9.17, 15) is 13.2 Å². The number of sulfonamides is 1. The van der Waals surface area contributed by atoms with E-state index in [0.29, 0.717) is 25.4 Å². The number of hydrogen-bond donors (Lipinski definition) is 1. The Bertz CT molecular complexity index is 1210. The number of carbonyl (C=O) groups is 1. The SMILES string of the molecule is COc1ccc(S(=O)(=O)N2CCCCCC2)cc1C(=O)NCc1cccc2ccccc12. The van der Waals surface area contributed by atoms with Crippen molar-refractivity contribution in [1.29, 1.82) is 0 Å². The van der Waals surface area contributed by atoms with Gasteiger partial charge in [0, 0.05) is 19.6 Å². The van der Waals surface area contributed by atoms with E-state index < -0.39 is 10.0 Å². The first-order chi connectivity index (χ1) is 15.5. The summed E-state index contributed by atoms with van der Waals surface area (Å²) in [5.41, 5.74) is 1.20. The van der Waals surface area contributed by atoms with Crippen molar-refractivity contribution in [3.8, 4) is 5.75 Å². The van der Waals surface area contributed by atoms with E-state index in [4.69, 9.17) is 4.74 Å². The van der Waals surface area contributed by atoms with Crippen LogP contribution in [0.2, 0.25) is 0 Å². The minimum absolute atomic E-state index is 0.121. The van der Waals surface area contributed by atoms with Crippen molar-refractivity contribution >= 4 is 26.7 Å². The summed E-state index contributed by atoms with van der Waals surface area (Å²) in [7, 11) is -2.19. The lowest BCUT2D eigenvalue weighted by atomic mass is 10.0. The van der Waals surface area contributed by atoms with Gasteiger partial charge in [0.2, 0.25) is 10.0 Å². The molecule has 0 bridgehead atoms. The molecule has 1 saturated heterocycles. The zero-order valence-electron chi connectivity index (χ0n) is 18.2. The molecule has 1 fully saturated rings. The van der Waals surface area contributed by atoms with E-state index in [2.05, 4.69) is 5.32 Å². The highest BCUT2D eigenvalue weighted by Crippen LogP contribution is 2.26. The molecule has 0 spiro atoms. The Morgan fingerprint density at radius 2 is 1.69 bits per heavy atom. The van der Waals surface area contributed by atoms with Crippen LogP contribution in [0.15, 0.2) is 65.6 Å². The Hall–Kier alpha value is -2.90. The first kappa shape index (κ1) is 22.3. The normalized spacial score (nSPS) is 15.3. The van der Waals surface area contributed by atoms with Crippen molar-refractivity contribution in [2.45, 2.75) is 37.1 Å². The molecule has 1 aliphatic rings. The largest absolute Gasteiger partial charge is 0.496 e. The number of nitrogens with zero attached hydrogens (tertiary/aromatic N) is 1. The number of benzene rings is 3. The number of hydrogen-bond acceptors (Lipinski definition) is 4. The monoisotopic (exact) mass is 452 g/mol. The molecular formula is C25H28N2O4S. The molecule has 0 radical (unpaired) electrons.